The van der Waals surface area contributed by atoms with E-state index in [0.717, 1.165) is 11.1 Å². The highest BCUT2D eigenvalue weighted by atomic mass is 32.2. The second kappa shape index (κ2) is 5.03. The van der Waals surface area contributed by atoms with E-state index in [4.69, 9.17) is 4.55 Å². The molecule has 0 aromatic heterocycles. The van der Waals surface area contributed by atoms with Crippen molar-refractivity contribution in [3.05, 3.63) is 22.3 Å². The molecule has 0 atom stereocenters. The topological polar surface area (TPSA) is 110 Å². The maximum Gasteiger partial charge on any atom is 0.298 e. The van der Waals surface area contributed by atoms with Gasteiger partial charge in [0.15, 0.2) is 0 Å². The Hall–Kier alpha value is -1.11. The molecule has 0 fully saturated rings. The van der Waals surface area contributed by atoms with Crippen LogP contribution in [-0.4, -0.2) is 18.1 Å². The van der Waals surface area contributed by atoms with Gasteiger partial charge in [-0.05, 0) is 49.4 Å². The molecule has 17 heavy (non-hydrogen) atoms. The zero-order valence-corrected chi connectivity index (χ0v) is 11.3. The third kappa shape index (κ3) is 2.59. The van der Waals surface area contributed by atoms with Gasteiger partial charge in [-0.25, -0.2) is 0 Å². The van der Waals surface area contributed by atoms with E-state index in [1.54, 1.807) is 13.8 Å². The quantitative estimate of drug-likeness (QED) is 0.707. The van der Waals surface area contributed by atoms with Gasteiger partial charge in [0.25, 0.3) is 10.1 Å². The molecule has 0 saturated heterocycles. The van der Waals surface area contributed by atoms with Crippen molar-refractivity contribution in [2.24, 2.45) is 0 Å². The molecule has 0 bridgehead atoms. The highest BCUT2D eigenvalue weighted by molar-refractivity contribution is 7.86. The molecule has 5 N–H and O–H groups in total. The summed E-state index contributed by atoms with van der Waals surface area (Å²) in [7, 11) is -4.39. The van der Waals surface area contributed by atoms with Gasteiger partial charge in [-0.15, -0.1) is 0 Å². The van der Waals surface area contributed by atoms with Crippen molar-refractivity contribution in [1.82, 2.24) is 6.15 Å². The molecule has 0 amide bonds. The highest BCUT2D eigenvalue weighted by Gasteiger charge is 2.24. The fraction of sp³-hybridized carbons (Fsp3) is 0.455. The van der Waals surface area contributed by atoms with Crippen molar-refractivity contribution in [3.63, 3.8) is 0 Å². The van der Waals surface area contributed by atoms with E-state index in [0.29, 0.717) is 17.5 Å². The van der Waals surface area contributed by atoms with E-state index in [2.05, 4.69) is 0 Å². The van der Waals surface area contributed by atoms with Crippen LogP contribution in [0.3, 0.4) is 0 Å². The molecule has 0 spiro atoms. The van der Waals surface area contributed by atoms with Gasteiger partial charge in [0.1, 0.15) is 10.6 Å². The lowest BCUT2D eigenvalue weighted by Gasteiger charge is -2.16. The number of rotatable bonds is 2. The Morgan fingerprint density at radius 1 is 1.06 bits per heavy atom. The summed E-state index contributed by atoms with van der Waals surface area (Å²) >= 11 is 0. The largest absolute Gasteiger partial charge is 0.506 e. The number of aromatic hydroxyl groups is 1. The number of benzene rings is 1. The Bertz CT molecular complexity index is 535. The van der Waals surface area contributed by atoms with Gasteiger partial charge in [-0.1, -0.05) is 6.92 Å². The SMILES string of the molecule is CCc1c(C)c(C)c(C)c(S(=O)(=O)O)c1O.N. The van der Waals surface area contributed by atoms with Gasteiger partial charge in [-0.3, -0.25) is 4.55 Å². The Morgan fingerprint density at radius 3 is 1.88 bits per heavy atom. The summed E-state index contributed by atoms with van der Waals surface area (Å²) in [4.78, 5) is -0.368. The van der Waals surface area contributed by atoms with Gasteiger partial charge in [0.05, 0.1) is 0 Å². The molecule has 0 aliphatic carbocycles. The Labute approximate surface area is 102 Å². The van der Waals surface area contributed by atoms with Crippen LogP contribution in [0.5, 0.6) is 5.75 Å². The minimum Gasteiger partial charge on any atom is -0.506 e. The van der Waals surface area contributed by atoms with Crippen LogP contribution in [0.4, 0.5) is 0 Å². The summed E-state index contributed by atoms with van der Waals surface area (Å²) in [6.45, 7) is 7.00. The summed E-state index contributed by atoms with van der Waals surface area (Å²) in [6, 6.07) is 0. The molecule has 5 nitrogen and oxygen atoms in total. The first-order chi connectivity index (χ1) is 7.21. The number of hydrogen-bond acceptors (Lipinski definition) is 4. The Kier molecular flexibility index (Phi) is 4.70. The molecule has 1 rings (SSSR count). The lowest BCUT2D eigenvalue weighted by Crippen LogP contribution is -2.07. The molecular formula is C11H19NO4S. The first-order valence-electron chi connectivity index (χ1n) is 5.00. The van der Waals surface area contributed by atoms with Crippen LogP contribution >= 0.6 is 0 Å². The molecule has 0 radical (unpaired) electrons. The Balaban J connectivity index is 0.00000256. The lowest BCUT2D eigenvalue weighted by molar-refractivity contribution is 0.436. The maximum absolute atomic E-state index is 11.2. The molecule has 98 valence electrons. The first kappa shape index (κ1) is 15.9. The molecule has 0 saturated carbocycles. The molecule has 0 aliphatic rings. The molecular weight excluding hydrogens is 242 g/mol. The zero-order valence-electron chi connectivity index (χ0n) is 10.5. The number of hydrogen-bond donors (Lipinski definition) is 3. The average Bonchev–Trinajstić information content (AvgIpc) is 2.13. The Morgan fingerprint density at radius 2 is 1.53 bits per heavy atom. The van der Waals surface area contributed by atoms with Crippen LogP contribution in [0.2, 0.25) is 0 Å². The van der Waals surface area contributed by atoms with Crippen molar-refractivity contribution in [3.8, 4) is 5.75 Å². The smallest absolute Gasteiger partial charge is 0.298 e. The standard InChI is InChI=1S/C11H16O4S.H3N/c1-5-9-7(3)6(2)8(4)11(10(9)12)16(13,14)15;/h12H,5H2,1-4H3,(H,13,14,15);1H3. The van der Waals surface area contributed by atoms with E-state index in [1.807, 2.05) is 13.8 Å². The van der Waals surface area contributed by atoms with Gasteiger partial charge >= 0.3 is 0 Å². The van der Waals surface area contributed by atoms with Crippen LogP contribution in [-0.2, 0) is 16.5 Å². The van der Waals surface area contributed by atoms with Crippen LogP contribution < -0.4 is 6.15 Å². The molecule has 1 aromatic rings. The fourth-order valence-corrected chi connectivity index (χ4v) is 2.83. The summed E-state index contributed by atoms with van der Waals surface area (Å²) in [5.41, 5.74) is 2.61. The molecule has 1 aromatic carbocycles. The van der Waals surface area contributed by atoms with E-state index >= 15 is 0 Å². The normalized spacial score (nSPS) is 11.1. The lowest BCUT2D eigenvalue weighted by atomic mass is 9.96. The average molecular weight is 261 g/mol. The number of phenolic OH excluding ortho intramolecular Hbond substituents is 1. The van der Waals surface area contributed by atoms with Crippen LogP contribution in [0.25, 0.3) is 0 Å². The van der Waals surface area contributed by atoms with E-state index in [9.17, 15) is 13.5 Å². The number of phenols is 1. The van der Waals surface area contributed by atoms with Crippen molar-refractivity contribution in [2.75, 3.05) is 0 Å². The van der Waals surface area contributed by atoms with Gasteiger partial charge in [0.2, 0.25) is 0 Å². The van der Waals surface area contributed by atoms with Crippen LogP contribution in [0.15, 0.2) is 4.90 Å². The predicted molar refractivity (Wildman–Crippen MR) is 66.5 cm³/mol. The molecule has 6 heteroatoms. The monoisotopic (exact) mass is 261 g/mol. The zero-order chi connectivity index (χ0) is 12.7. The first-order valence-corrected chi connectivity index (χ1v) is 6.44. The minimum absolute atomic E-state index is 0. The van der Waals surface area contributed by atoms with E-state index in [-0.39, 0.29) is 16.8 Å². The molecule has 0 aliphatic heterocycles. The predicted octanol–water partition coefficient (Wildman–Crippen LogP) is 2.29. The fourth-order valence-electron chi connectivity index (χ4n) is 1.92. The summed E-state index contributed by atoms with van der Waals surface area (Å²) in [6.07, 6.45) is 0.515. The third-order valence-corrected chi connectivity index (χ3v) is 4.05. The maximum atomic E-state index is 11.2. The van der Waals surface area contributed by atoms with Gasteiger partial charge in [-0.2, -0.15) is 8.42 Å². The molecule has 0 heterocycles. The van der Waals surface area contributed by atoms with Crippen molar-refractivity contribution >= 4 is 10.1 Å². The summed E-state index contributed by atoms with van der Waals surface area (Å²) < 4.78 is 31.5. The van der Waals surface area contributed by atoms with E-state index < -0.39 is 10.1 Å². The van der Waals surface area contributed by atoms with Crippen LogP contribution in [0, 0.1) is 20.8 Å². The van der Waals surface area contributed by atoms with Crippen molar-refractivity contribution in [2.45, 2.75) is 39.0 Å². The molecule has 0 unspecified atom stereocenters. The van der Waals surface area contributed by atoms with Gasteiger partial charge in [0, 0.05) is 0 Å². The third-order valence-electron chi connectivity index (χ3n) is 3.03. The van der Waals surface area contributed by atoms with Gasteiger partial charge < -0.3 is 11.3 Å². The van der Waals surface area contributed by atoms with E-state index in [1.165, 1.54) is 0 Å². The second-order valence-electron chi connectivity index (χ2n) is 3.86. The summed E-state index contributed by atoms with van der Waals surface area (Å²) in [5, 5.41) is 9.87. The minimum atomic E-state index is -4.39. The highest BCUT2D eigenvalue weighted by Crippen LogP contribution is 2.35. The van der Waals surface area contributed by atoms with Crippen molar-refractivity contribution < 1.29 is 18.1 Å². The van der Waals surface area contributed by atoms with Crippen molar-refractivity contribution in [1.29, 1.82) is 0 Å². The second-order valence-corrected chi connectivity index (χ2v) is 5.22. The summed E-state index contributed by atoms with van der Waals surface area (Å²) in [5.74, 6) is -0.328. The van der Waals surface area contributed by atoms with Crippen LogP contribution in [0.1, 0.15) is 29.2 Å².